The first-order valence-electron chi connectivity index (χ1n) is 6.17. The Kier molecular flexibility index (Phi) is 3.77. The van der Waals surface area contributed by atoms with Crippen molar-refractivity contribution in [1.29, 1.82) is 0 Å². The largest absolute Gasteiger partial charge is 0.308 e. The van der Waals surface area contributed by atoms with Gasteiger partial charge in [-0.1, -0.05) is 28.1 Å². The molecule has 0 spiro atoms. The number of nitrogens with one attached hydrogen (secondary N) is 1. The Labute approximate surface area is 120 Å². The van der Waals surface area contributed by atoms with E-state index in [-0.39, 0.29) is 0 Å². The summed E-state index contributed by atoms with van der Waals surface area (Å²) in [5.74, 6) is 0.728. The highest BCUT2D eigenvalue weighted by Crippen LogP contribution is 2.37. The van der Waals surface area contributed by atoms with Gasteiger partial charge in [-0.15, -0.1) is 11.3 Å². The predicted molar refractivity (Wildman–Crippen MR) is 78.9 cm³/mol. The van der Waals surface area contributed by atoms with Gasteiger partial charge in [0, 0.05) is 22.4 Å². The molecule has 18 heavy (non-hydrogen) atoms. The summed E-state index contributed by atoms with van der Waals surface area (Å²) in [5, 5.41) is 5.68. The molecule has 0 bridgehead atoms. The monoisotopic (exact) mass is 322 g/mol. The molecule has 1 aromatic heterocycles. The molecule has 0 radical (unpaired) electrons. The fourth-order valence-electron chi connectivity index (χ4n) is 2.37. The van der Waals surface area contributed by atoms with E-state index in [9.17, 15) is 0 Å². The molecule has 3 rings (SSSR count). The van der Waals surface area contributed by atoms with E-state index in [0.29, 0.717) is 6.04 Å². The summed E-state index contributed by atoms with van der Waals surface area (Å²) >= 11 is 5.14. The smallest absolute Gasteiger partial charge is 0.0795 e. The molecule has 0 unspecified atom stereocenters. The molecule has 4 heteroatoms. The highest BCUT2D eigenvalue weighted by Gasteiger charge is 2.29. The summed E-state index contributed by atoms with van der Waals surface area (Å²) < 4.78 is 1.16. The van der Waals surface area contributed by atoms with Crippen molar-refractivity contribution >= 4 is 27.3 Å². The van der Waals surface area contributed by atoms with Crippen molar-refractivity contribution in [2.24, 2.45) is 0 Å². The molecule has 2 aromatic rings. The van der Waals surface area contributed by atoms with Gasteiger partial charge in [0.2, 0.25) is 0 Å². The molecule has 0 saturated heterocycles. The Hall–Kier alpha value is -0.710. The van der Waals surface area contributed by atoms with E-state index in [2.05, 4.69) is 55.9 Å². The fourth-order valence-corrected chi connectivity index (χ4v) is 3.19. The van der Waals surface area contributed by atoms with Gasteiger partial charge in [0.1, 0.15) is 0 Å². The number of hydrogen-bond donors (Lipinski definition) is 1. The van der Waals surface area contributed by atoms with Gasteiger partial charge >= 0.3 is 0 Å². The van der Waals surface area contributed by atoms with Crippen LogP contribution in [0.1, 0.15) is 30.0 Å². The van der Waals surface area contributed by atoms with E-state index >= 15 is 0 Å². The number of rotatable bonds is 4. The molecule has 1 heterocycles. The molecule has 1 fully saturated rings. The van der Waals surface area contributed by atoms with Crippen LogP contribution in [0, 0.1) is 0 Å². The Bertz CT molecular complexity index is 489. The maximum Gasteiger partial charge on any atom is 0.0795 e. The van der Waals surface area contributed by atoms with Crippen LogP contribution in [-0.2, 0) is 6.54 Å². The van der Waals surface area contributed by atoms with Crippen LogP contribution < -0.4 is 5.32 Å². The third-order valence-corrected chi connectivity index (χ3v) is 4.70. The zero-order chi connectivity index (χ0) is 12.4. The van der Waals surface area contributed by atoms with Gasteiger partial charge in [0.05, 0.1) is 11.2 Å². The summed E-state index contributed by atoms with van der Waals surface area (Å²) in [4.78, 5) is 4.28. The van der Waals surface area contributed by atoms with E-state index in [0.717, 1.165) is 22.6 Å². The van der Waals surface area contributed by atoms with Crippen LogP contribution in [-0.4, -0.2) is 11.0 Å². The molecular weight excluding hydrogens is 308 g/mol. The second-order valence-electron chi connectivity index (χ2n) is 4.78. The third-order valence-electron chi connectivity index (χ3n) is 3.53. The third kappa shape index (κ3) is 2.82. The Balaban J connectivity index is 1.47. The fraction of sp³-hybridized carbons (Fsp3) is 0.357. The molecule has 94 valence electrons. The van der Waals surface area contributed by atoms with Crippen LogP contribution >= 0.6 is 27.3 Å². The van der Waals surface area contributed by atoms with E-state index in [4.69, 9.17) is 0 Å². The number of aromatic nitrogens is 1. The standard InChI is InChI=1S/C14H15BrN2S/c15-12-3-1-10(2-4-12)11-5-13(6-11)16-7-14-8-18-9-17-14/h1-4,8-9,11,13,16H,5-7H2. The minimum absolute atomic E-state index is 0.653. The van der Waals surface area contributed by atoms with E-state index in [1.54, 1.807) is 11.3 Å². The van der Waals surface area contributed by atoms with Crippen molar-refractivity contribution < 1.29 is 0 Å². The zero-order valence-electron chi connectivity index (χ0n) is 9.97. The van der Waals surface area contributed by atoms with Gasteiger partial charge in [-0.2, -0.15) is 0 Å². The summed E-state index contributed by atoms with van der Waals surface area (Å²) in [6, 6.07) is 9.37. The first kappa shape index (κ1) is 12.3. The van der Waals surface area contributed by atoms with Crippen LogP contribution in [0.4, 0.5) is 0 Å². The molecule has 1 saturated carbocycles. The molecule has 1 aliphatic rings. The molecular formula is C14H15BrN2S. The van der Waals surface area contributed by atoms with Crippen molar-refractivity contribution in [1.82, 2.24) is 10.3 Å². The number of benzene rings is 1. The lowest BCUT2D eigenvalue weighted by molar-refractivity contribution is 0.289. The molecule has 1 N–H and O–H groups in total. The van der Waals surface area contributed by atoms with Gasteiger partial charge in [-0.05, 0) is 36.5 Å². The maximum atomic E-state index is 4.28. The van der Waals surface area contributed by atoms with E-state index < -0.39 is 0 Å². The highest BCUT2D eigenvalue weighted by molar-refractivity contribution is 9.10. The summed E-state index contributed by atoms with van der Waals surface area (Å²) in [6.45, 7) is 0.904. The van der Waals surface area contributed by atoms with Crippen LogP contribution in [0.25, 0.3) is 0 Å². The molecule has 1 aliphatic carbocycles. The van der Waals surface area contributed by atoms with Crippen LogP contribution in [0.15, 0.2) is 39.6 Å². The maximum absolute atomic E-state index is 4.28. The average Bonchev–Trinajstić information content (AvgIpc) is 2.82. The first-order chi connectivity index (χ1) is 8.81. The zero-order valence-corrected chi connectivity index (χ0v) is 12.4. The number of thiazole rings is 1. The molecule has 0 aliphatic heterocycles. The van der Waals surface area contributed by atoms with Crippen molar-refractivity contribution in [2.75, 3.05) is 0 Å². The lowest BCUT2D eigenvalue weighted by atomic mass is 9.76. The second-order valence-corrected chi connectivity index (χ2v) is 6.41. The van der Waals surface area contributed by atoms with Gasteiger partial charge in [0.15, 0.2) is 0 Å². The van der Waals surface area contributed by atoms with E-state index in [1.165, 1.54) is 18.4 Å². The molecule has 0 amide bonds. The summed E-state index contributed by atoms with van der Waals surface area (Å²) in [7, 11) is 0. The first-order valence-corrected chi connectivity index (χ1v) is 7.91. The number of nitrogens with zero attached hydrogens (tertiary/aromatic N) is 1. The van der Waals surface area contributed by atoms with Gasteiger partial charge in [0.25, 0.3) is 0 Å². The summed E-state index contributed by atoms with van der Waals surface area (Å²) in [6.07, 6.45) is 2.48. The van der Waals surface area contributed by atoms with Gasteiger partial charge < -0.3 is 5.32 Å². The normalized spacial score (nSPS) is 22.7. The van der Waals surface area contributed by atoms with Crippen LogP contribution in [0.2, 0.25) is 0 Å². The molecule has 2 nitrogen and oxygen atoms in total. The van der Waals surface area contributed by atoms with E-state index in [1.807, 2.05) is 5.51 Å². The van der Waals surface area contributed by atoms with Crippen molar-refractivity contribution in [3.8, 4) is 0 Å². The van der Waals surface area contributed by atoms with Crippen molar-refractivity contribution in [3.05, 3.63) is 50.9 Å². The Morgan fingerprint density at radius 3 is 2.72 bits per heavy atom. The summed E-state index contributed by atoms with van der Waals surface area (Å²) in [5.41, 5.74) is 4.51. The lowest BCUT2D eigenvalue weighted by Crippen LogP contribution is -2.39. The van der Waals surface area contributed by atoms with Crippen molar-refractivity contribution in [3.63, 3.8) is 0 Å². The van der Waals surface area contributed by atoms with Crippen LogP contribution in [0.5, 0.6) is 0 Å². The minimum Gasteiger partial charge on any atom is -0.308 e. The predicted octanol–water partition coefficient (Wildman–Crippen LogP) is 3.94. The quantitative estimate of drug-likeness (QED) is 0.922. The van der Waals surface area contributed by atoms with Gasteiger partial charge in [-0.3, -0.25) is 0 Å². The second kappa shape index (κ2) is 5.51. The SMILES string of the molecule is Brc1ccc(C2CC(NCc3cscn3)C2)cc1. The lowest BCUT2D eigenvalue weighted by Gasteiger charge is -2.36. The van der Waals surface area contributed by atoms with Gasteiger partial charge in [-0.25, -0.2) is 4.98 Å². The topological polar surface area (TPSA) is 24.9 Å². The number of halogens is 1. The molecule has 1 aromatic carbocycles. The molecule has 0 atom stereocenters. The average molecular weight is 323 g/mol. The van der Waals surface area contributed by atoms with Crippen molar-refractivity contribution in [2.45, 2.75) is 31.3 Å². The minimum atomic E-state index is 0.653. The number of hydrogen-bond acceptors (Lipinski definition) is 3. The Morgan fingerprint density at radius 2 is 2.06 bits per heavy atom. The Morgan fingerprint density at radius 1 is 1.28 bits per heavy atom. The highest BCUT2D eigenvalue weighted by atomic mass is 79.9. The van der Waals surface area contributed by atoms with Crippen LogP contribution in [0.3, 0.4) is 0 Å².